The second kappa shape index (κ2) is 38.8. The molecule has 4 rings (SSSR count). The van der Waals surface area contributed by atoms with E-state index in [-0.39, 0.29) is 60.8 Å². The molecule has 0 aliphatic carbocycles. The Labute approximate surface area is 526 Å². The van der Waals surface area contributed by atoms with Crippen LogP contribution < -0.4 is 64.3 Å². The van der Waals surface area contributed by atoms with Crippen LogP contribution in [0, 0.1) is 0 Å². The molecule has 0 bridgehead atoms. The highest BCUT2D eigenvalue weighted by atomic mass is 16.6. The standard InChI is InChI=1S/C60H74N12O20/c61-57(62)67-39-19-15-37(16-20-39)55(85)91-41-23-11-35(12-24-41)33-89-59(87)71-45(31-49(77)78)53(83)69-43(29-47(73)74)51(81)65-27-9-7-5-3-1-2-4-6-8-10-28-66-52(82)44(30-48(75)76)70-54(84)46(32-50(79)80)72-60(88)90-34-36-13-25-42(26-14-36)92-56(86)38-17-21-40(22-18-38)68-58(63)64/h11-26,43-46H,1-10,27-34H2,(H,65,81)(H,66,82)(H,69,83)(H,70,84)(H,71,87)(H,72,88)(H,73,74)(H,75,76)(H,77,78)(H,79,80)(H4,61,62,67)(H4,63,64,68)/t43-,44-,45-,46-/m0/s1. The fourth-order valence-electron chi connectivity index (χ4n) is 8.36. The van der Waals surface area contributed by atoms with Gasteiger partial charge in [0.05, 0.1) is 48.2 Å². The van der Waals surface area contributed by atoms with Crippen LogP contribution in [0.2, 0.25) is 0 Å². The third-order valence-electron chi connectivity index (χ3n) is 12.9. The molecule has 0 saturated carbocycles. The number of nitrogens with two attached hydrogens (primary N) is 4. The number of alkyl carbamates (subject to hydrolysis) is 2. The number of carboxylic acids is 4. The van der Waals surface area contributed by atoms with Crippen LogP contribution in [-0.4, -0.2) is 141 Å². The van der Waals surface area contributed by atoms with Crippen molar-refractivity contribution in [1.29, 1.82) is 0 Å². The number of nitrogens with zero attached hydrogens (tertiary/aromatic N) is 2. The number of hydrogen-bond donors (Lipinski definition) is 14. The fraction of sp³-hybridized carbons (Fsp3) is 0.367. The summed E-state index contributed by atoms with van der Waals surface area (Å²) in [5.41, 5.74) is 23.5. The SMILES string of the molecule is NC(N)=Nc1ccc(C(=O)Oc2ccc(COC(=O)N[C@@H](CC(=O)O)C(=O)N[C@@H](CC(=O)O)C(=O)NCCCCCCCCCCCCNC(=O)[C@H](CC(=O)O)NC(=O)[C@H](CC(=O)O)NC(=O)OCc3ccc(OC(=O)c4ccc(N=C(N)N)cc4)cc3)cc2)cc1. The molecule has 0 fully saturated rings. The van der Waals surface area contributed by atoms with Gasteiger partial charge in [-0.3, -0.25) is 38.4 Å². The average molecular weight is 1280 g/mol. The number of aliphatic carboxylic acids is 4. The molecule has 6 amide bonds. The van der Waals surface area contributed by atoms with Crippen LogP contribution in [-0.2, 0) is 61.0 Å². The molecule has 0 saturated heterocycles. The Morgan fingerprint density at radius 2 is 0.652 bits per heavy atom. The molecular formula is C60H74N12O20. The third kappa shape index (κ3) is 29.1. The minimum absolute atomic E-state index is 0.137. The van der Waals surface area contributed by atoms with E-state index in [2.05, 4.69) is 41.9 Å². The molecule has 494 valence electrons. The Morgan fingerprint density at radius 3 is 0.935 bits per heavy atom. The minimum atomic E-state index is -1.77. The summed E-state index contributed by atoms with van der Waals surface area (Å²) in [5, 5.41) is 51.6. The molecule has 0 unspecified atom stereocenters. The van der Waals surface area contributed by atoms with Gasteiger partial charge in [-0.25, -0.2) is 29.2 Å². The van der Waals surface area contributed by atoms with Crippen molar-refractivity contribution in [2.24, 2.45) is 32.9 Å². The summed E-state index contributed by atoms with van der Waals surface area (Å²) in [4.78, 5) is 157. The Kier molecular flexibility index (Phi) is 30.9. The maximum absolute atomic E-state index is 13.2. The first kappa shape index (κ1) is 73.1. The summed E-state index contributed by atoms with van der Waals surface area (Å²) in [6.45, 7) is -0.442. The van der Waals surface area contributed by atoms with Gasteiger partial charge in [0.1, 0.15) is 48.9 Å². The maximum Gasteiger partial charge on any atom is 0.408 e. The highest BCUT2D eigenvalue weighted by Gasteiger charge is 2.32. The van der Waals surface area contributed by atoms with E-state index in [1.54, 1.807) is 0 Å². The Bertz CT molecular complexity index is 3030. The monoisotopic (exact) mass is 1280 g/mol. The second-order valence-corrected chi connectivity index (χ2v) is 20.4. The maximum atomic E-state index is 13.2. The van der Waals surface area contributed by atoms with Gasteiger partial charge in [-0.2, -0.15) is 0 Å². The van der Waals surface area contributed by atoms with Crippen molar-refractivity contribution < 1.29 is 96.9 Å². The van der Waals surface area contributed by atoms with Gasteiger partial charge in [0.15, 0.2) is 11.9 Å². The van der Waals surface area contributed by atoms with E-state index in [4.69, 9.17) is 41.9 Å². The summed E-state index contributed by atoms with van der Waals surface area (Å²) in [6.07, 6.45) is 1.58. The molecule has 92 heavy (non-hydrogen) atoms. The molecule has 4 atom stereocenters. The van der Waals surface area contributed by atoms with Crippen LogP contribution in [0.25, 0.3) is 0 Å². The van der Waals surface area contributed by atoms with E-state index in [0.717, 1.165) is 38.5 Å². The number of unbranched alkanes of at least 4 members (excludes halogenated alkanes) is 9. The van der Waals surface area contributed by atoms with Crippen LogP contribution in [0.5, 0.6) is 11.5 Å². The lowest BCUT2D eigenvalue weighted by Crippen LogP contribution is -2.55. The molecule has 4 aromatic rings. The number of nitrogens with one attached hydrogen (secondary N) is 6. The number of carbonyl (C=O) groups excluding carboxylic acids is 8. The Morgan fingerprint density at radius 1 is 0.370 bits per heavy atom. The summed E-state index contributed by atoms with van der Waals surface area (Å²) in [7, 11) is 0. The molecule has 0 aromatic heterocycles. The van der Waals surface area contributed by atoms with Crippen molar-refractivity contribution in [3.05, 3.63) is 119 Å². The van der Waals surface area contributed by atoms with E-state index in [0.29, 0.717) is 48.2 Å². The molecule has 0 spiro atoms. The zero-order valence-corrected chi connectivity index (χ0v) is 49.8. The van der Waals surface area contributed by atoms with Gasteiger partial charge < -0.3 is 94.2 Å². The molecule has 4 aromatic carbocycles. The number of guanidine groups is 2. The number of aliphatic imine (C=N–C) groups is 2. The Hall–Kier alpha value is -11.3. The quantitative estimate of drug-likeness (QED) is 0.0100. The van der Waals surface area contributed by atoms with Crippen LogP contribution in [0.1, 0.15) is 122 Å². The van der Waals surface area contributed by atoms with Gasteiger partial charge in [0.2, 0.25) is 23.6 Å². The smallest absolute Gasteiger partial charge is 0.408 e. The van der Waals surface area contributed by atoms with Gasteiger partial charge >= 0.3 is 48.0 Å². The lowest BCUT2D eigenvalue weighted by Gasteiger charge is -2.21. The second-order valence-electron chi connectivity index (χ2n) is 20.4. The van der Waals surface area contributed by atoms with Crippen LogP contribution in [0.4, 0.5) is 21.0 Å². The highest BCUT2D eigenvalue weighted by Crippen LogP contribution is 2.20. The number of rotatable bonds is 39. The predicted octanol–water partition coefficient (Wildman–Crippen LogP) is 2.83. The van der Waals surface area contributed by atoms with Gasteiger partial charge in [-0.05, 0) is 96.8 Å². The summed E-state index contributed by atoms with van der Waals surface area (Å²) >= 11 is 0. The van der Waals surface area contributed by atoms with Crippen molar-refractivity contribution in [1.82, 2.24) is 31.9 Å². The Balaban J connectivity index is 1.08. The first-order chi connectivity index (χ1) is 43.8. The van der Waals surface area contributed by atoms with Gasteiger partial charge in [-0.1, -0.05) is 75.6 Å². The zero-order chi connectivity index (χ0) is 67.5. The lowest BCUT2D eigenvalue weighted by atomic mass is 10.1. The van der Waals surface area contributed by atoms with Gasteiger partial charge in [0.25, 0.3) is 0 Å². The van der Waals surface area contributed by atoms with E-state index < -0.39 is 121 Å². The molecule has 18 N–H and O–H groups in total. The minimum Gasteiger partial charge on any atom is -0.481 e. The lowest BCUT2D eigenvalue weighted by molar-refractivity contribution is -0.142. The summed E-state index contributed by atoms with van der Waals surface area (Å²) < 4.78 is 21.0. The molecule has 32 nitrogen and oxygen atoms in total. The topological polar surface area (TPSA) is 524 Å². The number of carbonyl (C=O) groups is 12. The van der Waals surface area contributed by atoms with Crippen molar-refractivity contribution >= 4 is 94.9 Å². The number of benzene rings is 4. The van der Waals surface area contributed by atoms with E-state index >= 15 is 0 Å². The first-order valence-corrected chi connectivity index (χ1v) is 28.8. The predicted molar refractivity (Wildman–Crippen MR) is 326 cm³/mol. The molecule has 0 aliphatic rings. The first-order valence-electron chi connectivity index (χ1n) is 28.8. The number of amides is 6. The number of ether oxygens (including phenoxy) is 4. The van der Waals surface area contributed by atoms with Crippen LogP contribution in [0.15, 0.2) is 107 Å². The summed E-state index contributed by atoms with van der Waals surface area (Å²) in [5.74, 6) is -11.2. The van der Waals surface area contributed by atoms with Gasteiger partial charge in [0, 0.05) is 13.1 Å². The van der Waals surface area contributed by atoms with Crippen molar-refractivity contribution in [2.45, 2.75) is 127 Å². The van der Waals surface area contributed by atoms with Crippen molar-refractivity contribution in [3.63, 3.8) is 0 Å². The summed E-state index contributed by atoms with van der Waals surface area (Å²) in [6, 6.07) is 16.8. The number of esters is 2. The van der Waals surface area contributed by atoms with Crippen LogP contribution in [0.3, 0.4) is 0 Å². The van der Waals surface area contributed by atoms with E-state index in [9.17, 15) is 78.0 Å². The van der Waals surface area contributed by atoms with E-state index in [1.165, 1.54) is 97.1 Å². The average Bonchev–Trinajstić information content (AvgIpc) is 1.24. The largest absolute Gasteiger partial charge is 0.481 e. The van der Waals surface area contributed by atoms with Crippen molar-refractivity contribution in [2.75, 3.05) is 13.1 Å². The molecule has 0 aliphatic heterocycles. The molecular weight excluding hydrogens is 1210 g/mol. The zero-order valence-electron chi connectivity index (χ0n) is 49.8. The highest BCUT2D eigenvalue weighted by molar-refractivity contribution is 5.96. The fourth-order valence-corrected chi connectivity index (χ4v) is 8.36. The van der Waals surface area contributed by atoms with Crippen LogP contribution >= 0.6 is 0 Å². The normalized spacial score (nSPS) is 11.9. The molecule has 0 radical (unpaired) electrons. The molecule has 32 heteroatoms. The molecule has 0 heterocycles. The van der Waals surface area contributed by atoms with Crippen molar-refractivity contribution in [3.8, 4) is 11.5 Å². The third-order valence-corrected chi connectivity index (χ3v) is 12.9. The number of hydrogen-bond acceptors (Lipinski definition) is 18. The number of carboxylic acid groups (broad SMARTS) is 4. The van der Waals surface area contributed by atoms with E-state index in [1.807, 2.05) is 0 Å². The van der Waals surface area contributed by atoms with Gasteiger partial charge in [-0.15, -0.1) is 0 Å².